The standard InChI is InChI=1S/C23H16N4O3S2/c1-14-5-4-7-19-21(14)25-23(32-19)26(13-16-6-2-3-10-24-16)22(28)20-12-15-11-17(27(29)30)8-9-18(15)31-20/h2-12H,13H2,1H3. The van der Waals surface area contributed by atoms with Gasteiger partial charge in [0.05, 0.1) is 32.3 Å². The van der Waals surface area contributed by atoms with Gasteiger partial charge in [0.2, 0.25) is 0 Å². The van der Waals surface area contributed by atoms with Gasteiger partial charge in [-0.05, 0) is 42.8 Å². The first-order chi connectivity index (χ1) is 15.5. The van der Waals surface area contributed by atoms with Crippen molar-refractivity contribution in [2.45, 2.75) is 13.5 Å². The second kappa shape index (κ2) is 8.10. The molecule has 5 aromatic rings. The molecule has 0 N–H and O–H groups in total. The predicted molar refractivity (Wildman–Crippen MR) is 128 cm³/mol. The van der Waals surface area contributed by atoms with Crippen LogP contribution in [0.4, 0.5) is 10.8 Å². The number of thiophene rings is 1. The Morgan fingerprint density at radius 1 is 1.06 bits per heavy atom. The maximum Gasteiger partial charge on any atom is 0.270 e. The minimum absolute atomic E-state index is 0.00119. The van der Waals surface area contributed by atoms with Crippen molar-refractivity contribution in [3.8, 4) is 0 Å². The Morgan fingerprint density at radius 2 is 1.94 bits per heavy atom. The molecule has 158 valence electrons. The fraction of sp³-hybridized carbons (Fsp3) is 0.0870. The number of amides is 1. The number of nitro benzene ring substituents is 1. The monoisotopic (exact) mass is 460 g/mol. The van der Waals surface area contributed by atoms with Crippen LogP contribution in [0.2, 0.25) is 0 Å². The molecule has 3 heterocycles. The van der Waals surface area contributed by atoms with E-state index in [1.165, 1.54) is 34.8 Å². The Labute approximate surface area is 190 Å². The number of hydrogen-bond acceptors (Lipinski definition) is 7. The topological polar surface area (TPSA) is 89.2 Å². The largest absolute Gasteiger partial charge is 0.277 e. The van der Waals surface area contributed by atoms with Gasteiger partial charge in [-0.25, -0.2) is 4.98 Å². The molecule has 0 bridgehead atoms. The number of rotatable bonds is 5. The first-order valence-electron chi connectivity index (χ1n) is 9.75. The second-order valence-electron chi connectivity index (χ2n) is 7.22. The average molecular weight is 461 g/mol. The van der Waals surface area contributed by atoms with E-state index in [1.54, 1.807) is 23.2 Å². The summed E-state index contributed by atoms with van der Waals surface area (Å²) >= 11 is 2.77. The fourth-order valence-corrected chi connectivity index (χ4v) is 5.49. The van der Waals surface area contributed by atoms with Gasteiger partial charge in [-0.15, -0.1) is 11.3 Å². The van der Waals surface area contributed by atoms with Crippen LogP contribution in [-0.4, -0.2) is 20.8 Å². The van der Waals surface area contributed by atoms with E-state index in [0.29, 0.717) is 15.4 Å². The van der Waals surface area contributed by atoms with Crippen LogP contribution in [0.15, 0.2) is 66.9 Å². The van der Waals surface area contributed by atoms with Crippen LogP contribution < -0.4 is 4.90 Å². The molecular formula is C23H16N4O3S2. The maximum absolute atomic E-state index is 13.6. The Bertz CT molecular complexity index is 1480. The number of carbonyl (C=O) groups is 1. The van der Waals surface area contributed by atoms with Gasteiger partial charge in [0.15, 0.2) is 5.13 Å². The Hall–Kier alpha value is -3.69. The smallest absolute Gasteiger partial charge is 0.270 e. The lowest BCUT2D eigenvalue weighted by molar-refractivity contribution is -0.384. The van der Waals surface area contributed by atoms with E-state index in [9.17, 15) is 14.9 Å². The molecule has 1 amide bonds. The zero-order valence-corrected chi connectivity index (χ0v) is 18.5. The SMILES string of the molecule is Cc1cccc2sc(N(Cc3ccccn3)C(=O)c3cc4cc([N+](=O)[O-])ccc4s3)nc12. The molecule has 3 aromatic heterocycles. The molecular weight excluding hydrogens is 444 g/mol. The molecule has 0 unspecified atom stereocenters. The first kappa shape index (κ1) is 20.2. The van der Waals surface area contributed by atoms with Crippen LogP contribution in [0.5, 0.6) is 0 Å². The third-order valence-corrected chi connectivity index (χ3v) is 7.20. The maximum atomic E-state index is 13.6. The summed E-state index contributed by atoms with van der Waals surface area (Å²) in [6.07, 6.45) is 1.69. The lowest BCUT2D eigenvalue weighted by atomic mass is 10.2. The Balaban J connectivity index is 1.59. The number of hydrogen-bond donors (Lipinski definition) is 0. The third-order valence-electron chi connectivity index (χ3n) is 5.05. The van der Waals surface area contributed by atoms with E-state index in [0.717, 1.165) is 26.2 Å². The summed E-state index contributed by atoms with van der Waals surface area (Å²) in [6.45, 7) is 2.27. The minimum atomic E-state index is -0.435. The molecule has 0 aliphatic rings. The lowest BCUT2D eigenvalue weighted by Crippen LogP contribution is -2.30. The van der Waals surface area contributed by atoms with Gasteiger partial charge in [0.1, 0.15) is 0 Å². The molecule has 0 aliphatic heterocycles. The number of aromatic nitrogens is 2. The summed E-state index contributed by atoms with van der Waals surface area (Å²) in [4.78, 5) is 35.6. The number of para-hydroxylation sites is 1. The molecule has 0 saturated carbocycles. The summed E-state index contributed by atoms with van der Waals surface area (Å²) in [7, 11) is 0. The highest BCUT2D eigenvalue weighted by Crippen LogP contribution is 2.35. The van der Waals surface area contributed by atoms with Crippen molar-refractivity contribution in [3.05, 3.63) is 93.1 Å². The molecule has 2 aromatic carbocycles. The molecule has 0 saturated heterocycles. The van der Waals surface area contributed by atoms with Gasteiger partial charge >= 0.3 is 0 Å². The van der Waals surface area contributed by atoms with Crippen LogP contribution in [0.1, 0.15) is 20.9 Å². The molecule has 0 radical (unpaired) electrons. The van der Waals surface area contributed by atoms with Gasteiger partial charge in [-0.2, -0.15) is 0 Å². The number of thiazole rings is 1. The zero-order chi connectivity index (χ0) is 22.2. The number of anilines is 1. The Morgan fingerprint density at radius 3 is 2.69 bits per heavy atom. The number of pyridine rings is 1. The lowest BCUT2D eigenvalue weighted by Gasteiger charge is -2.18. The van der Waals surface area contributed by atoms with Crippen molar-refractivity contribution in [2.24, 2.45) is 0 Å². The number of non-ortho nitro benzene ring substituents is 1. The number of carbonyl (C=O) groups excluding carboxylic acids is 1. The van der Waals surface area contributed by atoms with E-state index >= 15 is 0 Å². The van der Waals surface area contributed by atoms with Gasteiger partial charge in [0.25, 0.3) is 11.6 Å². The van der Waals surface area contributed by atoms with Crippen molar-refractivity contribution >= 4 is 59.7 Å². The molecule has 0 spiro atoms. The third kappa shape index (κ3) is 3.72. The van der Waals surface area contributed by atoms with Crippen molar-refractivity contribution < 1.29 is 9.72 Å². The van der Waals surface area contributed by atoms with Crippen LogP contribution in [0.3, 0.4) is 0 Å². The molecule has 7 nitrogen and oxygen atoms in total. The summed E-state index contributed by atoms with van der Waals surface area (Å²) in [5, 5.41) is 12.4. The van der Waals surface area contributed by atoms with Crippen LogP contribution in [0.25, 0.3) is 20.3 Å². The van der Waals surface area contributed by atoms with Crippen LogP contribution in [-0.2, 0) is 6.54 Å². The highest BCUT2D eigenvalue weighted by molar-refractivity contribution is 7.23. The quantitative estimate of drug-likeness (QED) is 0.238. The van der Waals surface area contributed by atoms with Gasteiger partial charge < -0.3 is 0 Å². The zero-order valence-electron chi connectivity index (χ0n) is 16.9. The highest BCUT2D eigenvalue weighted by atomic mass is 32.1. The molecule has 9 heteroatoms. The average Bonchev–Trinajstić information content (AvgIpc) is 3.42. The van der Waals surface area contributed by atoms with Crippen LogP contribution in [0, 0.1) is 17.0 Å². The van der Waals surface area contributed by atoms with Gasteiger partial charge in [0, 0.05) is 28.4 Å². The van der Waals surface area contributed by atoms with Crippen molar-refractivity contribution in [2.75, 3.05) is 4.90 Å². The number of aryl methyl sites for hydroxylation is 1. The van der Waals surface area contributed by atoms with E-state index < -0.39 is 4.92 Å². The van der Waals surface area contributed by atoms with E-state index in [2.05, 4.69) is 4.98 Å². The Kier molecular flexibility index (Phi) is 5.12. The van der Waals surface area contributed by atoms with Crippen molar-refractivity contribution in [1.29, 1.82) is 0 Å². The predicted octanol–water partition coefficient (Wildman–Crippen LogP) is 5.97. The molecule has 5 rings (SSSR count). The number of nitrogens with zero attached hydrogens (tertiary/aromatic N) is 4. The molecule has 32 heavy (non-hydrogen) atoms. The summed E-state index contributed by atoms with van der Waals surface area (Å²) in [6, 6.07) is 17.9. The van der Waals surface area contributed by atoms with E-state index in [4.69, 9.17) is 4.98 Å². The van der Waals surface area contributed by atoms with Gasteiger partial charge in [-0.1, -0.05) is 29.5 Å². The second-order valence-corrected chi connectivity index (χ2v) is 9.31. The minimum Gasteiger partial charge on any atom is -0.277 e. The van der Waals surface area contributed by atoms with E-state index in [1.807, 2.05) is 43.3 Å². The summed E-state index contributed by atoms with van der Waals surface area (Å²) in [5.41, 5.74) is 2.66. The highest BCUT2D eigenvalue weighted by Gasteiger charge is 2.24. The number of nitro groups is 1. The van der Waals surface area contributed by atoms with Crippen LogP contribution >= 0.6 is 22.7 Å². The fourth-order valence-electron chi connectivity index (χ4n) is 3.45. The van der Waals surface area contributed by atoms with Crippen molar-refractivity contribution in [1.82, 2.24) is 9.97 Å². The molecule has 0 fully saturated rings. The number of benzene rings is 2. The first-order valence-corrected chi connectivity index (χ1v) is 11.4. The van der Waals surface area contributed by atoms with Crippen molar-refractivity contribution in [3.63, 3.8) is 0 Å². The summed E-state index contributed by atoms with van der Waals surface area (Å²) < 4.78 is 1.82. The number of fused-ring (bicyclic) bond motifs is 2. The van der Waals surface area contributed by atoms with Gasteiger partial charge in [-0.3, -0.25) is 24.8 Å². The summed E-state index contributed by atoms with van der Waals surface area (Å²) in [5.74, 6) is -0.212. The molecule has 0 atom stereocenters. The van der Waals surface area contributed by atoms with E-state index in [-0.39, 0.29) is 18.1 Å². The molecule has 0 aliphatic carbocycles. The normalized spacial score (nSPS) is 11.2.